The number of aliphatic hydroxyl groups is 1. The van der Waals surface area contributed by atoms with Crippen LogP contribution >= 0.6 is 0 Å². The number of hydrogen-bond donors (Lipinski definition) is 1. The van der Waals surface area contributed by atoms with Gasteiger partial charge in [-0.2, -0.15) is 0 Å². The average Bonchev–Trinajstić information content (AvgIpc) is 2.08. The molecule has 0 aromatic rings. The zero-order valence-electron chi connectivity index (χ0n) is 9.07. The summed E-state index contributed by atoms with van der Waals surface area (Å²) in [5, 5.41) is 8.80. The van der Waals surface area contributed by atoms with Crippen LogP contribution in [0.15, 0.2) is 0 Å². The van der Waals surface area contributed by atoms with E-state index in [4.69, 9.17) is 5.11 Å². The van der Waals surface area contributed by atoms with Crippen molar-refractivity contribution in [2.24, 2.45) is 5.92 Å². The van der Waals surface area contributed by atoms with Crippen LogP contribution in [0, 0.1) is 5.92 Å². The second-order valence-corrected chi connectivity index (χ2v) is 4.20. The maximum Gasteiger partial charge on any atom is 0.222 e. The van der Waals surface area contributed by atoms with E-state index in [-0.39, 0.29) is 5.91 Å². The minimum absolute atomic E-state index is 0.198. The van der Waals surface area contributed by atoms with Gasteiger partial charge in [-0.1, -0.05) is 0 Å². The molecule has 0 saturated carbocycles. The lowest BCUT2D eigenvalue weighted by molar-refractivity contribution is -0.128. The van der Waals surface area contributed by atoms with Gasteiger partial charge in [0.15, 0.2) is 0 Å². The Balaban J connectivity index is 1.98. The van der Waals surface area contributed by atoms with Crippen molar-refractivity contribution in [1.82, 2.24) is 9.80 Å². The Hall–Kier alpha value is -0.610. The van der Waals surface area contributed by atoms with Gasteiger partial charge in [-0.3, -0.25) is 4.79 Å². The van der Waals surface area contributed by atoms with Crippen LogP contribution in [-0.2, 0) is 4.79 Å². The molecule has 82 valence electrons. The fraction of sp³-hybridized carbons (Fsp3) is 0.900. The normalized spacial score (nSPS) is 17.9. The van der Waals surface area contributed by atoms with Gasteiger partial charge < -0.3 is 14.9 Å². The molecule has 0 radical (unpaired) electrons. The van der Waals surface area contributed by atoms with Crippen LogP contribution in [0.4, 0.5) is 0 Å². The highest BCUT2D eigenvalue weighted by atomic mass is 16.3. The van der Waals surface area contributed by atoms with Gasteiger partial charge in [0.25, 0.3) is 0 Å². The van der Waals surface area contributed by atoms with Gasteiger partial charge in [-0.05, 0) is 13.0 Å². The van der Waals surface area contributed by atoms with E-state index in [1.54, 1.807) is 19.0 Å². The SMILES string of the molecule is CN(C)C(=O)CCCN1CC(CO)C1. The van der Waals surface area contributed by atoms with E-state index in [9.17, 15) is 4.79 Å². The third kappa shape index (κ3) is 3.27. The Bertz CT molecular complexity index is 189. The molecule has 0 spiro atoms. The van der Waals surface area contributed by atoms with Crippen LogP contribution in [0.2, 0.25) is 0 Å². The summed E-state index contributed by atoms with van der Waals surface area (Å²) in [6.07, 6.45) is 1.56. The smallest absolute Gasteiger partial charge is 0.222 e. The van der Waals surface area contributed by atoms with Crippen molar-refractivity contribution in [3.05, 3.63) is 0 Å². The lowest BCUT2D eigenvalue weighted by Crippen LogP contribution is -2.48. The van der Waals surface area contributed by atoms with E-state index in [2.05, 4.69) is 4.90 Å². The van der Waals surface area contributed by atoms with Crippen molar-refractivity contribution < 1.29 is 9.90 Å². The minimum atomic E-state index is 0.198. The standard InChI is InChI=1S/C10H20N2O2/c1-11(2)10(14)4-3-5-12-6-9(7-12)8-13/h9,13H,3-8H2,1-2H3. The van der Waals surface area contributed by atoms with Crippen LogP contribution in [0.1, 0.15) is 12.8 Å². The van der Waals surface area contributed by atoms with E-state index in [1.807, 2.05) is 0 Å². The molecule has 1 heterocycles. The first-order valence-electron chi connectivity index (χ1n) is 5.17. The highest BCUT2D eigenvalue weighted by Crippen LogP contribution is 2.14. The van der Waals surface area contributed by atoms with Gasteiger partial charge >= 0.3 is 0 Å². The number of hydrogen-bond acceptors (Lipinski definition) is 3. The summed E-state index contributed by atoms with van der Waals surface area (Å²) in [4.78, 5) is 15.1. The number of nitrogens with zero attached hydrogens (tertiary/aromatic N) is 2. The Labute approximate surface area is 85.5 Å². The summed E-state index contributed by atoms with van der Waals surface area (Å²) in [6.45, 7) is 3.27. The molecule has 1 amide bonds. The molecule has 0 atom stereocenters. The van der Waals surface area contributed by atoms with Gasteiger partial charge in [0, 0.05) is 46.1 Å². The Morgan fingerprint density at radius 3 is 2.64 bits per heavy atom. The molecule has 1 aliphatic rings. The second kappa shape index (κ2) is 5.32. The fourth-order valence-electron chi connectivity index (χ4n) is 1.65. The second-order valence-electron chi connectivity index (χ2n) is 4.20. The molecule has 1 aliphatic heterocycles. The lowest BCUT2D eigenvalue weighted by Gasteiger charge is -2.38. The molecule has 0 aromatic heterocycles. The van der Waals surface area contributed by atoms with Crippen LogP contribution in [-0.4, -0.2) is 61.2 Å². The Kier molecular flexibility index (Phi) is 4.35. The zero-order valence-corrected chi connectivity index (χ0v) is 9.07. The molecule has 0 aromatic carbocycles. The third-order valence-electron chi connectivity index (χ3n) is 2.65. The summed E-state index contributed by atoms with van der Waals surface area (Å²) < 4.78 is 0. The monoisotopic (exact) mass is 200 g/mol. The maximum atomic E-state index is 11.2. The fourth-order valence-corrected chi connectivity index (χ4v) is 1.65. The van der Waals surface area contributed by atoms with Crippen LogP contribution < -0.4 is 0 Å². The number of amides is 1. The minimum Gasteiger partial charge on any atom is -0.396 e. The number of carbonyl (C=O) groups is 1. The van der Waals surface area contributed by atoms with Crippen molar-refractivity contribution in [3.63, 3.8) is 0 Å². The van der Waals surface area contributed by atoms with E-state index < -0.39 is 0 Å². The third-order valence-corrected chi connectivity index (χ3v) is 2.65. The zero-order chi connectivity index (χ0) is 10.6. The summed E-state index contributed by atoms with van der Waals surface area (Å²) in [7, 11) is 3.57. The summed E-state index contributed by atoms with van der Waals surface area (Å²) in [5.41, 5.74) is 0. The van der Waals surface area contributed by atoms with Crippen molar-refractivity contribution in [2.45, 2.75) is 12.8 Å². The topological polar surface area (TPSA) is 43.8 Å². The lowest BCUT2D eigenvalue weighted by atomic mass is 10.0. The molecule has 0 aliphatic carbocycles. The number of rotatable bonds is 5. The van der Waals surface area contributed by atoms with Gasteiger partial charge in [-0.25, -0.2) is 0 Å². The Morgan fingerprint density at radius 1 is 1.50 bits per heavy atom. The molecule has 1 rings (SSSR count). The van der Waals surface area contributed by atoms with E-state index in [0.29, 0.717) is 18.9 Å². The van der Waals surface area contributed by atoms with Crippen molar-refractivity contribution in [3.8, 4) is 0 Å². The van der Waals surface area contributed by atoms with Crippen molar-refractivity contribution in [1.29, 1.82) is 0 Å². The molecular formula is C10H20N2O2. The first kappa shape index (κ1) is 11.5. The largest absolute Gasteiger partial charge is 0.396 e. The predicted molar refractivity (Wildman–Crippen MR) is 54.9 cm³/mol. The Morgan fingerprint density at radius 2 is 2.14 bits per heavy atom. The van der Waals surface area contributed by atoms with E-state index in [1.165, 1.54) is 0 Å². The maximum absolute atomic E-state index is 11.2. The molecule has 4 heteroatoms. The van der Waals surface area contributed by atoms with Crippen LogP contribution in [0.25, 0.3) is 0 Å². The molecule has 14 heavy (non-hydrogen) atoms. The molecule has 1 fully saturated rings. The highest BCUT2D eigenvalue weighted by Gasteiger charge is 2.24. The van der Waals surface area contributed by atoms with Crippen molar-refractivity contribution in [2.75, 3.05) is 40.3 Å². The molecule has 1 saturated heterocycles. The van der Waals surface area contributed by atoms with Gasteiger partial charge in [0.1, 0.15) is 0 Å². The molecule has 4 nitrogen and oxygen atoms in total. The molecule has 0 bridgehead atoms. The van der Waals surface area contributed by atoms with Crippen LogP contribution in [0.3, 0.4) is 0 Å². The number of carbonyl (C=O) groups excluding carboxylic acids is 1. The van der Waals surface area contributed by atoms with Gasteiger partial charge in [-0.15, -0.1) is 0 Å². The highest BCUT2D eigenvalue weighted by molar-refractivity contribution is 5.75. The van der Waals surface area contributed by atoms with E-state index >= 15 is 0 Å². The van der Waals surface area contributed by atoms with Gasteiger partial charge in [0.2, 0.25) is 5.91 Å². The molecule has 0 unspecified atom stereocenters. The number of aliphatic hydroxyl groups excluding tert-OH is 1. The number of likely N-dealkylation sites (tertiary alicyclic amines) is 1. The van der Waals surface area contributed by atoms with E-state index in [0.717, 1.165) is 26.1 Å². The molecule has 1 N–H and O–H groups in total. The van der Waals surface area contributed by atoms with Crippen LogP contribution in [0.5, 0.6) is 0 Å². The summed E-state index contributed by atoms with van der Waals surface area (Å²) in [6, 6.07) is 0. The summed E-state index contributed by atoms with van der Waals surface area (Å²) in [5.74, 6) is 0.670. The van der Waals surface area contributed by atoms with Crippen molar-refractivity contribution >= 4 is 5.91 Å². The first-order chi connectivity index (χ1) is 6.63. The molecular weight excluding hydrogens is 180 g/mol. The quantitative estimate of drug-likeness (QED) is 0.667. The summed E-state index contributed by atoms with van der Waals surface area (Å²) >= 11 is 0. The van der Waals surface area contributed by atoms with Gasteiger partial charge in [0.05, 0.1) is 0 Å². The predicted octanol–water partition coefficient (Wildman–Crippen LogP) is -0.221. The average molecular weight is 200 g/mol. The first-order valence-corrected chi connectivity index (χ1v) is 5.17.